The van der Waals surface area contributed by atoms with Crippen LogP contribution in [0.3, 0.4) is 0 Å². The van der Waals surface area contributed by atoms with E-state index in [1.165, 1.54) is 17.5 Å². The lowest BCUT2D eigenvalue weighted by Crippen LogP contribution is -2.29. The van der Waals surface area contributed by atoms with E-state index in [0.29, 0.717) is 18.3 Å². The molecule has 1 aromatic rings. The van der Waals surface area contributed by atoms with Crippen molar-refractivity contribution in [2.75, 3.05) is 18.4 Å². The van der Waals surface area contributed by atoms with Gasteiger partial charge in [-0.15, -0.1) is 6.58 Å². The fourth-order valence-electron chi connectivity index (χ4n) is 2.71. The van der Waals surface area contributed by atoms with E-state index in [2.05, 4.69) is 21.9 Å². The zero-order valence-electron chi connectivity index (χ0n) is 11.4. The highest BCUT2D eigenvalue weighted by atomic mass is 35.5. The zero-order chi connectivity index (χ0) is 14.1. The first-order valence-electron chi connectivity index (χ1n) is 7.06. The van der Waals surface area contributed by atoms with Crippen LogP contribution in [0.5, 0.6) is 0 Å². The molecule has 1 saturated heterocycles. The van der Waals surface area contributed by atoms with Crippen LogP contribution in [0.1, 0.15) is 19.3 Å². The van der Waals surface area contributed by atoms with Gasteiger partial charge in [0.05, 0.1) is 18.4 Å². The Morgan fingerprint density at radius 2 is 2.30 bits per heavy atom. The van der Waals surface area contributed by atoms with Crippen LogP contribution in [-0.4, -0.2) is 39.9 Å². The van der Waals surface area contributed by atoms with Crippen molar-refractivity contribution in [3.05, 3.63) is 34.2 Å². The van der Waals surface area contributed by atoms with Gasteiger partial charge in [0.2, 0.25) is 0 Å². The van der Waals surface area contributed by atoms with Crippen LogP contribution in [0, 0.1) is 0 Å². The number of allylic oxidation sites excluding steroid dienone is 1. The van der Waals surface area contributed by atoms with Gasteiger partial charge in [0.25, 0.3) is 5.56 Å². The molecule has 0 aromatic carbocycles. The molecule has 2 fully saturated rings. The Labute approximate surface area is 123 Å². The van der Waals surface area contributed by atoms with Gasteiger partial charge in [0.15, 0.2) is 0 Å². The van der Waals surface area contributed by atoms with Gasteiger partial charge in [-0.1, -0.05) is 17.7 Å². The second kappa shape index (κ2) is 5.58. The fourth-order valence-corrected chi connectivity index (χ4v) is 2.92. The molecule has 0 spiro atoms. The van der Waals surface area contributed by atoms with Crippen LogP contribution in [0.15, 0.2) is 23.6 Å². The minimum Gasteiger partial charge on any atom is -0.378 e. The van der Waals surface area contributed by atoms with E-state index >= 15 is 0 Å². The largest absolute Gasteiger partial charge is 0.378 e. The SMILES string of the molecule is C=CCn1ncc(NC2CCN(C3CC3)C2)c(Cl)c1=O. The highest BCUT2D eigenvalue weighted by Gasteiger charge is 2.34. The maximum Gasteiger partial charge on any atom is 0.287 e. The minimum absolute atomic E-state index is 0.215. The summed E-state index contributed by atoms with van der Waals surface area (Å²) < 4.78 is 1.31. The maximum atomic E-state index is 12.0. The molecule has 20 heavy (non-hydrogen) atoms. The number of aromatic nitrogens is 2. The van der Waals surface area contributed by atoms with Gasteiger partial charge >= 0.3 is 0 Å². The molecule has 1 unspecified atom stereocenters. The third-order valence-electron chi connectivity index (χ3n) is 3.93. The van der Waals surface area contributed by atoms with Crippen molar-refractivity contribution < 1.29 is 0 Å². The number of hydrogen-bond acceptors (Lipinski definition) is 4. The van der Waals surface area contributed by atoms with E-state index in [4.69, 9.17) is 11.6 Å². The second-order valence-electron chi connectivity index (χ2n) is 5.50. The predicted molar refractivity (Wildman–Crippen MR) is 80.3 cm³/mol. The van der Waals surface area contributed by atoms with Crippen molar-refractivity contribution in [3.8, 4) is 0 Å². The van der Waals surface area contributed by atoms with E-state index in [1.807, 2.05) is 0 Å². The highest BCUT2D eigenvalue weighted by molar-refractivity contribution is 6.32. The molecule has 2 aliphatic rings. The Kier molecular flexibility index (Phi) is 3.81. The summed E-state index contributed by atoms with van der Waals surface area (Å²) >= 11 is 6.14. The Hall–Kier alpha value is -1.33. The standard InChI is InChI=1S/C14H19ClN4O/c1-2-6-19-14(20)13(15)12(8-16-19)17-10-5-7-18(9-10)11-3-4-11/h2,8,10-11,17H,1,3-7,9H2. The van der Waals surface area contributed by atoms with E-state index < -0.39 is 0 Å². The molecule has 1 aromatic heterocycles. The summed E-state index contributed by atoms with van der Waals surface area (Å²) in [5.74, 6) is 0. The average Bonchev–Trinajstić information content (AvgIpc) is 3.19. The molecule has 0 amide bonds. The van der Waals surface area contributed by atoms with Gasteiger partial charge in [-0.3, -0.25) is 9.69 Å². The van der Waals surface area contributed by atoms with E-state index in [-0.39, 0.29) is 10.6 Å². The predicted octanol–water partition coefficient (Wildman–Crippen LogP) is 1.73. The first-order chi connectivity index (χ1) is 9.69. The lowest BCUT2D eigenvalue weighted by molar-refractivity contribution is 0.326. The number of nitrogens with zero attached hydrogens (tertiary/aromatic N) is 3. The topological polar surface area (TPSA) is 50.2 Å². The van der Waals surface area contributed by atoms with Crippen LogP contribution >= 0.6 is 11.6 Å². The van der Waals surface area contributed by atoms with E-state index in [9.17, 15) is 4.79 Å². The molecule has 1 aliphatic heterocycles. The highest BCUT2D eigenvalue weighted by Crippen LogP contribution is 2.31. The Bertz CT molecular complexity index is 567. The van der Waals surface area contributed by atoms with Crippen LogP contribution < -0.4 is 10.9 Å². The Morgan fingerprint density at radius 1 is 1.50 bits per heavy atom. The van der Waals surface area contributed by atoms with Gasteiger partial charge < -0.3 is 5.32 Å². The zero-order valence-corrected chi connectivity index (χ0v) is 12.1. The third kappa shape index (κ3) is 2.74. The van der Waals surface area contributed by atoms with Crippen molar-refractivity contribution in [2.24, 2.45) is 0 Å². The Balaban J connectivity index is 1.69. The molecule has 3 rings (SSSR count). The number of anilines is 1. The molecule has 1 atom stereocenters. The summed E-state index contributed by atoms with van der Waals surface area (Å²) in [4.78, 5) is 14.5. The van der Waals surface area contributed by atoms with Crippen LogP contribution in [-0.2, 0) is 6.54 Å². The van der Waals surface area contributed by atoms with Crippen molar-refractivity contribution in [3.63, 3.8) is 0 Å². The van der Waals surface area contributed by atoms with Crippen LogP contribution in [0.2, 0.25) is 5.02 Å². The summed E-state index contributed by atoms with van der Waals surface area (Å²) in [7, 11) is 0. The number of likely N-dealkylation sites (tertiary alicyclic amines) is 1. The third-order valence-corrected chi connectivity index (χ3v) is 4.29. The first-order valence-corrected chi connectivity index (χ1v) is 7.44. The van der Waals surface area contributed by atoms with E-state index in [1.54, 1.807) is 12.3 Å². The molecule has 1 saturated carbocycles. The van der Waals surface area contributed by atoms with Crippen molar-refractivity contribution in [1.82, 2.24) is 14.7 Å². The smallest absolute Gasteiger partial charge is 0.287 e. The molecule has 2 heterocycles. The lowest BCUT2D eigenvalue weighted by atomic mass is 10.2. The maximum absolute atomic E-state index is 12.0. The molecule has 108 valence electrons. The molecule has 1 N–H and O–H groups in total. The summed E-state index contributed by atoms with van der Waals surface area (Å²) in [6.45, 7) is 6.12. The molecular weight excluding hydrogens is 276 g/mol. The van der Waals surface area contributed by atoms with Gasteiger partial charge in [-0.2, -0.15) is 5.10 Å². The number of rotatable bonds is 5. The lowest BCUT2D eigenvalue weighted by Gasteiger charge is -2.17. The second-order valence-corrected chi connectivity index (χ2v) is 5.88. The average molecular weight is 295 g/mol. The van der Waals surface area contributed by atoms with Crippen LogP contribution in [0.4, 0.5) is 5.69 Å². The van der Waals surface area contributed by atoms with Gasteiger partial charge in [-0.25, -0.2) is 4.68 Å². The molecule has 5 nitrogen and oxygen atoms in total. The minimum atomic E-state index is -0.270. The number of nitrogens with one attached hydrogen (secondary N) is 1. The van der Waals surface area contributed by atoms with Gasteiger partial charge in [-0.05, 0) is 19.3 Å². The molecule has 1 aliphatic carbocycles. The fraction of sp³-hybridized carbons (Fsp3) is 0.571. The number of hydrogen-bond donors (Lipinski definition) is 1. The molecule has 6 heteroatoms. The monoisotopic (exact) mass is 294 g/mol. The summed E-state index contributed by atoms with van der Waals surface area (Å²) in [6, 6.07) is 1.14. The summed E-state index contributed by atoms with van der Waals surface area (Å²) in [5, 5.41) is 7.68. The molecular formula is C14H19ClN4O. The van der Waals surface area contributed by atoms with Crippen LogP contribution in [0.25, 0.3) is 0 Å². The van der Waals surface area contributed by atoms with Crippen molar-refractivity contribution in [2.45, 2.75) is 37.9 Å². The van der Waals surface area contributed by atoms with E-state index in [0.717, 1.165) is 25.6 Å². The van der Waals surface area contributed by atoms with Crippen molar-refractivity contribution >= 4 is 17.3 Å². The number of halogens is 1. The normalized spacial score (nSPS) is 22.9. The van der Waals surface area contributed by atoms with Gasteiger partial charge in [0.1, 0.15) is 5.02 Å². The van der Waals surface area contributed by atoms with Crippen molar-refractivity contribution in [1.29, 1.82) is 0 Å². The summed E-state index contributed by atoms with van der Waals surface area (Å²) in [6.07, 6.45) is 7.00. The quantitative estimate of drug-likeness (QED) is 0.840. The molecule has 0 radical (unpaired) electrons. The first kappa shape index (κ1) is 13.6. The summed E-state index contributed by atoms with van der Waals surface area (Å²) in [5.41, 5.74) is 0.369. The Morgan fingerprint density at radius 3 is 3.00 bits per heavy atom. The molecule has 0 bridgehead atoms. The van der Waals surface area contributed by atoms with Gasteiger partial charge in [0, 0.05) is 25.2 Å².